The minimum Gasteiger partial charge on any atom is -0.365 e. The van der Waals surface area contributed by atoms with Gasteiger partial charge in [0.25, 0.3) is 0 Å². The molecule has 0 spiro atoms. The minimum atomic E-state index is -4.40. The molecule has 26 heavy (non-hydrogen) atoms. The summed E-state index contributed by atoms with van der Waals surface area (Å²) in [6.45, 7) is 3.87. The van der Waals surface area contributed by atoms with Gasteiger partial charge in [0.15, 0.2) is 5.65 Å². The maximum atomic E-state index is 13.2. The van der Waals surface area contributed by atoms with Crippen LogP contribution in [0.3, 0.4) is 0 Å². The van der Waals surface area contributed by atoms with Crippen LogP contribution in [-0.4, -0.2) is 21.0 Å². The van der Waals surface area contributed by atoms with E-state index in [1.165, 1.54) is 12.1 Å². The molecule has 136 valence electrons. The van der Waals surface area contributed by atoms with Crippen LogP contribution in [0.15, 0.2) is 42.6 Å². The zero-order chi connectivity index (χ0) is 18.7. The number of halogens is 3. The summed E-state index contributed by atoms with van der Waals surface area (Å²) in [6.07, 6.45) is -2.80. The van der Waals surface area contributed by atoms with Crippen LogP contribution in [0.2, 0.25) is 0 Å². The van der Waals surface area contributed by atoms with Crippen LogP contribution in [0.25, 0.3) is 11.0 Å². The average molecular weight is 361 g/mol. The van der Waals surface area contributed by atoms with Gasteiger partial charge in [0.05, 0.1) is 10.9 Å². The first-order chi connectivity index (χ1) is 12.3. The molecule has 0 fully saturated rings. The largest absolute Gasteiger partial charge is 0.416 e. The van der Waals surface area contributed by atoms with Gasteiger partial charge < -0.3 is 10.6 Å². The Hall–Kier alpha value is -2.90. The number of anilines is 2. The number of fused-ring (bicyclic) bond motifs is 1. The molecule has 0 amide bonds. The van der Waals surface area contributed by atoms with E-state index in [0.29, 0.717) is 22.8 Å². The quantitative estimate of drug-likeness (QED) is 0.702. The lowest BCUT2D eigenvalue weighted by molar-refractivity contribution is -0.138. The molecule has 0 aliphatic heterocycles. The van der Waals surface area contributed by atoms with Gasteiger partial charge in [0.2, 0.25) is 5.95 Å². The zero-order valence-electron chi connectivity index (χ0n) is 14.3. The van der Waals surface area contributed by atoms with E-state index < -0.39 is 11.7 Å². The van der Waals surface area contributed by atoms with Crippen LogP contribution in [-0.2, 0) is 12.7 Å². The topological polar surface area (TPSA) is 62.7 Å². The molecule has 3 rings (SSSR count). The molecule has 0 bridgehead atoms. The zero-order valence-corrected chi connectivity index (χ0v) is 14.3. The first-order valence-corrected chi connectivity index (χ1v) is 8.13. The fraction of sp³-hybridized carbons (Fsp3) is 0.278. The van der Waals surface area contributed by atoms with Crippen molar-refractivity contribution >= 4 is 22.8 Å². The van der Waals surface area contributed by atoms with Gasteiger partial charge in [-0.05, 0) is 37.6 Å². The van der Waals surface area contributed by atoms with E-state index in [9.17, 15) is 13.2 Å². The van der Waals surface area contributed by atoms with Gasteiger partial charge in [-0.15, -0.1) is 0 Å². The smallest absolute Gasteiger partial charge is 0.365 e. The molecular weight excluding hydrogens is 343 g/mol. The highest BCUT2D eigenvalue weighted by Crippen LogP contribution is 2.32. The van der Waals surface area contributed by atoms with Gasteiger partial charge in [-0.1, -0.05) is 18.2 Å². The van der Waals surface area contributed by atoms with Crippen LogP contribution in [0.5, 0.6) is 0 Å². The van der Waals surface area contributed by atoms with E-state index in [4.69, 9.17) is 0 Å². The number of pyridine rings is 1. The Morgan fingerprint density at radius 2 is 1.81 bits per heavy atom. The number of nitrogens with zero attached hydrogens (tertiary/aromatic N) is 3. The van der Waals surface area contributed by atoms with Crippen LogP contribution in [0, 0.1) is 0 Å². The Balaban J connectivity index is 1.94. The second-order valence-electron chi connectivity index (χ2n) is 6.08. The van der Waals surface area contributed by atoms with Gasteiger partial charge >= 0.3 is 6.18 Å². The Bertz CT molecular complexity index is 909. The Morgan fingerprint density at radius 3 is 2.54 bits per heavy atom. The van der Waals surface area contributed by atoms with Crippen molar-refractivity contribution in [2.24, 2.45) is 0 Å². The standard InChI is InChI=1S/C18H18F3N5/c1-11(2)24-17-25-15-13(7-5-9-22-15)16(26-17)23-10-12-6-3-4-8-14(12)18(19,20)21/h3-9,11H,10H2,1-2H3,(H2,22,23,24,25,26). The van der Waals surface area contributed by atoms with Crippen LogP contribution in [0.1, 0.15) is 25.0 Å². The van der Waals surface area contributed by atoms with E-state index >= 15 is 0 Å². The van der Waals surface area contributed by atoms with Gasteiger partial charge in [-0.25, -0.2) is 4.98 Å². The molecule has 0 saturated heterocycles. The highest BCUT2D eigenvalue weighted by Gasteiger charge is 2.32. The van der Waals surface area contributed by atoms with Crippen LogP contribution >= 0.6 is 0 Å². The summed E-state index contributed by atoms with van der Waals surface area (Å²) in [7, 11) is 0. The summed E-state index contributed by atoms with van der Waals surface area (Å²) in [5.41, 5.74) is -0.0456. The Kier molecular flexibility index (Phi) is 4.92. The third-order valence-corrected chi connectivity index (χ3v) is 3.66. The summed E-state index contributed by atoms with van der Waals surface area (Å²) in [5, 5.41) is 6.73. The number of aromatic nitrogens is 3. The first kappa shape index (κ1) is 17.9. The van der Waals surface area contributed by atoms with E-state index in [-0.39, 0.29) is 18.2 Å². The lowest BCUT2D eigenvalue weighted by Crippen LogP contribution is -2.15. The SMILES string of the molecule is CC(C)Nc1nc(NCc2ccccc2C(F)(F)F)c2cccnc2n1. The maximum absolute atomic E-state index is 13.2. The van der Waals surface area contributed by atoms with E-state index in [1.807, 2.05) is 13.8 Å². The van der Waals surface area contributed by atoms with Gasteiger partial charge in [0.1, 0.15) is 5.82 Å². The fourth-order valence-corrected chi connectivity index (χ4v) is 2.55. The summed E-state index contributed by atoms with van der Waals surface area (Å²) in [6, 6.07) is 9.09. The molecule has 0 aliphatic carbocycles. The van der Waals surface area contributed by atoms with Crippen molar-refractivity contribution in [3.05, 3.63) is 53.7 Å². The molecular formula is C18H18F3N5. The Morgan fingerprint density at radius 1 is 1.04 bits per heavy atom. The van der Waals surface area contributed by atoms with Crippen molar-refractivity contribution in [1.29, 1.82) is 0 Å². The van der Waals surface area contributed by atoms with Gasteiger partial charge in [-0.3, -0.25) is 0 Å². The molecule has 0 unspecified atom stereocenters. The predicted octanol–water partition coefficient (Wildman–Crippen LogP) is 4.48. The van der Waals surface area contributed by atoms with Crippen molar-refractivity contribution in [2.75, 3.05) is 10.6 Å². The van der Waals surface area contributed by atoms with Crippen molar-refractivity contribution in [1.82, 2.24) is 15.0 Å². The molecule has 2 aromatic heterocycles. The lowest BCUT2D eigenvalue weighted by atomic mass is 10.1. The molecule has 5 nitrogen and oxygen atoms in total. The normalized spacial score (nSPS) is 11.8. The summed E-state index contributed by atoms with van der Waals surface area (Å²) < 4.78 is 39.5. The van der Waals surface area contributed by atoms with Crippen molar-refractivity contribution < 1.29 is 13.2 Å². The number of hydrogen-bond acceptors (Lipinski definition) is 5. The molecule has 0 saturated carbocycles. The summed E-state index contributed by atoms with van der Waals surface area (Å²) >= 11 is 0. The number of alkyl halides is 3. The monoisotopic (exact) mass is 361 g/mol. The van der Waals surface area contributed by atoms with E-state index in [1.54, 1.807) is 24.4 Å². The molecule has 8 heteroatoms. The number of nitrogens with one attached hydrogen (secondary N) is 2. The van der Waals surface area contributed by atoms with Crippen molar-refractivity contribution in [3.8, 4) is 0 Å². The van der Waals surface area contributed by atoms with Crippen molar-refractivity contribution in [3.63, 3.8) is 0 Å². The predicted molar refractivity (Wildman–Crippen MR) is 94.9 cm³/mol. The summed E-state index contributed by atoms with van der Waals surface area (Å²) in [4.78, 5) is 12.9. The minimum absolute atomic E-state index is 0.0161. The lowest BCUT2D eigenvalue weighted by Gasteiger charge is -2.15. The second-order valence-corrected chi connectivity index (χ2v) is 6.08. The van der Waals surface area contributed by atoms with E-state index in [2.05, 4.69) is 25.6 Å². The molecule has 2 N–H and O–H groups in total. The third-order valence-electron chi connectivity index (χ3n) is 3.66. The molecule has 0 atom stereocenters. The van der Waals surface area contributed by atoms with E-state index in [0.717, 1.165) is 6.07 Å². The highest BCUT2D eigenvalue weighted by atomic mass is 19.4. The first-order valence-electron chi connectivity index (χ1n) is 8.13. The summed E-state index contributed by atoms with van der Waals surface area (Å²) in [5.74, 6) is 0.807. The number of benzene rings is 1. The van der Waals surface area contributed by atoms with Gasteiger partial charge in [0, 0.05) is 18.8 Å². The van der Waals surface area contributed by atoms with Crippen LogP contribution in [0.4, 0.5) is 24.9 Å². The number of rotatable bonds is 5. The molecule has 0 radical (unpaired) electrons. The highest BCUT2D eigenvalue weighted by molar-refractivity contribution is 5.87. The third kappa shape index (κ3) is 4.01. The Labute approximate surface area is 148 Å². The van der Waals surface area contributed by atoms with Gasteiger partial charge in [-0.2, -0.15) is 23.1 Å². The number of hydrogen-bond donors (Lipinski definition) is 2. The molecule has 3 aromatic rings. The molecule has 1 aromatic carbocycles. The second kappa shape index (κ2) is 7.15. The fourth-order valence-electron chi connectivity index (χ4n) is 2.55. The van der Waals surface area contributed by atoms with Crippen LogP contribution < -0.4 is 10.6 Å². The molecule has 0 aliphatic rings. The van der Waals surface area contributed by atoms with Crippen molar-refractivity contribution in [2.45, 2.75) is 32.6 Å². The average Bonchev–Trinajstić information content (AvgIpc) is 2.58. The molecule has 2 heterocycles. The maximum Gasteiger partial charge on any atom is 0.416 e.